The molecule has 1 N–H and O–H groups in total. The zero-order valence-corrected chi connectivity index (χ0v) is 15.5. The first-order valence-corrected chi connectivity index (χ1v) is 8.74. The molecular formula is C23H20N2O3. The predicted molar refractivity (Wildman–Crippen MR) is 111 cm³/mol. The molecule has 0 fully saturated rings. The third kappa shape index (κ3) is 4.68. The predicted octanol–water partition coefficient (Wildman–Crippen LogP) is 3.55. The van der Waals surface area contributed by atoms with Crippen LogP contribution in [0.4, 0.5) is 0 Å². The third-order valence-electron chi connectivity index (χ3n) is 4.13. The summed E-state index contributed by atoms with van der Waals surface area (Å²) in [6.45, 7) is 0.161. The van der Waals surface area contributed by atoms with E-state index in [0.29, 0.717) is 11.5 Å². The number of hydrazone groups is 1. The van der Waals surface area contributed by atoms with Gasteiger partial charge in [0.25, 0.3) is 0 Å². The standard InChI is InChI=1S/C23H20N2O3/c1-3-13-28-21-12-11-17(14-22(21)27-2)16-24-25-23(26)15-19-9-6-8-18-7-4-5-10-20(18)19/h1,4-12,14,16H,13,15H2,2H3,(H,25,26)/b24-16+. The van der Waals surface area contributed by atoms with Gasteiger partial charge < -0.3 is 9.47 Å². The van der Waals surface area contributed by atoms with Crippen molar-refractivity contribution in [1.82, 2.24) is 5.43 Å². The number of nitrogens with zero attached hydrogens (tertiary/aromatic N) is 1. The molecule has 5 nitrogen and oxygen atoms in total. The van der Waals surface area contributed by atoms with Crippen LogP contribution >= 0.6 is 0 Å². The number of carbonyl (C=O) groups is 1. The lowest BCUT2D eigenvalue weighted by Crippen LogP contribution is -2.19. The van der Waals surface area contributed by atoms with E-state index in [9.17, 15) is 4.79 Å². The molecule has 0 heterocycles. The Kier molecular flexibility index (Phi) is 6.27. The van der Waals surface area contributed by atoms with Crippen molar-refractivity contribution in [3.8, 4) is 23.8 Å². The van der Waals surface area contributed by atoms with Gasteiger partial charge in [-0.25, -0.2) is 5.43 Å². The molecule has 28 heavy (non-hydrogen) atoms. The first kappa shape index (κ1) is 19.0. The first-order chi connectivity index (χ1) is 13.7. The fourth-order valence-corrected chi connectivity index (χ4v) is 2.84. The molecular weight excluding hydrogens is 352 g/mol. The molecule has 3 aromatic carbocycles. The lowest BCUT2D eigenvalue weighted by Gasteiger charge is -2.09. The summed E-state index contributed by atoms with van der Waals surface area (Å²) in [5, 5.41) is 6.20. The number of terminal acetylenes is 1. The maximum atomic E-state index is 12.3. The smallest absolute Gasteiger partial charge is 0.244 e. The zero-order chi connectivity index (χ0) is 19.8. The van der Waals surface area contributed by atoms with Gasteiger partial charge in [0.1, 0.15) is 6.61 Å². The molecule has 0 spiro atoms. The maximum Gasteiger partial charge on any atom is 0.244 e. The highest BCUT2D eigenvalue weighted by Gasteiger charge is 2.07. The van der Waals surface area contributed by atoms with E-state index >= 15 is 0 Å². The molecule has 0 radical (unpaired) electrons. The number of carbonyl (C=O) groups excluding carboxylic acids is 1. The first-order valence-electron chi connectivity index (χ1n) is 8.74. The van der Waals surface area contributed by atoms with Crippen LogP contribution in [0.2, 0.25) is 0 Å². The van der Waals surface area contributed by atoms with Crippen LogP contribution in [0.5, 0.6) is 11.5 Å². The van der Waals surface area contributed by atoms with Crippen LogP contribution in [-0.4, -0.2) is 25.8 Å². The summed E-state index contributed by atoms with van der Waals surface area (Å²) in [5.74, 6) is 3.32. The second-order valence-electron chi connectivity index (χ2n) is 6.01. The fraction of sp³-hybridized carbons (Fsp3) is 0.130. The van der Waals surface area contributed by atoms with E-state index in [1.807, 2.05) is 42.5 Å². The van der Waals surface area contributed by atoms with E-state index < -0.39 is 0 Å². The van der Waals surface area contributed by atoms with E-state index in [0.717, 1.165) is 21.9 Å². The van der Waals surface area contributed by atoms with Crippen molar-refractivity contribution in [3.63, 3.8) is 0 Å². The Morgan fingerprint density at radius 3 is 2.79 bits per heavy atom. The Morgan fingerprint density at radius 1 is 1.14 bits per heavy atom. The van der Waals surface area contributed by atoms with Crippen LogP contribution in [0.25, 0.3) is 10.8 Å². The van der Waals surface area contributed by atoms with E-state index in [1.54, 1.807) is 31.5 Å². The van der Waals surface area contributed by atoms with Crippen LogP contribution in [0.3, 0.4) is 0 Å². The highest BCUT2D eigenvalue weighted by molar-refractivity contribution is 5.90. The van der Waals surface area contributed by atoms with Gasteiger partial charge in [-0.2, -0.15) is 5.10 Å². The van der Waals surface area contributed by atoms with E-state index in [2.05, 4.69) is 16.4 Å². The largest absolute Gasteiger partial charge is 0.493 e. The lowest BCUT2D eigenvalue weighted by atomic mass is 10.0. The van der Waals surface area contributed by atoms with Gasteiger partial charge in [0.2, 0.25) is 5.91 Å². The van der Waals surface area contributed by atoms with Gasteiger partial charge in [-0.15, -0.1) is 6.42 Å². The second-order valence-corrected chi connectivity index (χ2v) is 6.01. The van der Waals surface area contributed by atoms with Crippen molar-refractivity contribution in [2.45, 2.75) is 6.42 Å². The molecule has 5 heteroatoms. The highest BCUT2D eigenvalue weighted by Crippen LogP contribution is 2.27. The topological polar surface area (TPSA) is 59.9 Å². The molecule has 0 atom stereocenters. The van der Waals surface area contributed by atoms with Crippen molar-refractivity contribution in [2.24, 2.45) is 5.10 Å². The van der Waals surface area contributed by atoms with Gasteiger partial charge in [0.05, 0.1) is 19.7 Å². The lowest BCUT2D eigenvalue weighted by molar-refractivity contribution is -0.120. The third-order valence-corrected chi connectivity index (χ3v) is 4.13. The number of methoxy groups -OCH3 is 1. The minimum absolute atomic E-state index is 0.161. The maximum absolute atomic E-state index is 12.3. The number of hydrogen-bond donors (Lipinski definition) is 1. The van der Waals surface area contributed by atoms with Gasteiger partial charge in [0, 0.05) is 0 Å². The van der Waals surface area contributed by atoms with E-state index in [-0.39, 0.29) is 18.9 Å². The van der Waals surface area contributed by atoms with Crippen molar-refractivity contribution in [2.75, 3.05) is 13.7 Å². The second kappa shape index (κ2) is 9.24. The Hall–Kier alpha value is -3.78. The molecule has 0 bridgehead atoms. The minimum atomic E-state index is -0.187. The number of fused-ring (bicyclic) bond motifs is 1. The summed E-state index contributed by atoms with van der Waals surface area (Å²) in [5.41, 5.74) is 4.28. The van der Waals surface area contributed by atoms with Crippen LogP contribution in [0.15, 0.2) is 65.8 Å². The van der Waals surface area contributed by atoms with Gasteiger partial charge in [-0.1, -0.05) is 48.4 Å². The quantitative estimate of drug-likeness (QED) is 0.392. The molecule has 0 aromatic heterocycles. The van der Waals surface area contributed by atoms with E-state index in [4.69, 9.17) is 15.9 Å². The summed E-state index contributed by atoms with van der Waals surface area (Å²) in [4.78, 5) is 12.3. The van der Waals surface area contributed by atoms with Crippen molar-refractivity contribution in [1.29, 1.82) is 0 Å². The molecule has 0 aliphatic rings. The summed E-state index contributed by atoms with van der Waals surface area (Å²) >= 11 is 0. The number of hydrogen-bond acceptors (Lipinski definition) is 4. The Balaban J connectivity index is 1.64. The molecule has 1 amide bonds. The molecule has 0 saturated carbocycles. The molecule has 0 saturated heterocycles. The van der Waals surface area contributed by atoms with Crippen LogP contribution < -0.4 is 14.9 Å². The van der Waals surface area contributed by atoms with Crippen LogP contribution in [0.1, 0.15) is 11.1 Å². The van der Waals surface area contributed by atoms with Gasteiger partial charge in [-0.3, -0.25) is 4.79 Å². The van der Waals surface area contributed by atoms with Crippen LogP contribution in [-0.2, 0) is 11.2 Å². The normalized spacial score (nSPS) is 10.6. The average Bonchev–Trinajstić information content (AvgIpc) is 2.73. The SMILES string of the molecule is C#CCOc1ccc(/C=N/NC(=O)Cc2cccc3ccccc23)cc1OC. The average molecular weight is 372 g/mol. The summed E-state index contributed by atoms with van der Waals surface area (Å²) in [7, 11) is 1.55. The Bertz CT molecular complexity index is 1050. The van der Waals surface area contributed by atoms with Crippen molar-refractivity contribution < 1.29 is 14.3 Å². The number of benzene rings is 3. The zero-order valence-electron chi connectivity index (χ0n) is 15.5. The van der Waals surface area contributed by atoms with Crippen molar-refractivity contribution >= 4 is 22.9 Å². The fourth-order valence-electron chi connectivity index (χ4n) is 2.84. The van der Waals surface area contributed by atoms with E-state index in [1.165, 1.54) is 0 Å². The highest BCUT2D eigenvalue weighted by atomic mass is 16.5. The summed E-state index contributed by atoms with van der Waals surface area (Å²) in [6.07, 6.45) is 7.00. The molecule has 0 aliphatic carbocycles. The van der Waals surface area contributed by atoms with Gasteiger partial charge in [0.15, 0.2) is 11.5 Å². The number of ether oxygens (including phenoxy) is 2. The monoisotopic (exact) mass is 372 g/mol. The molecule has 0 aliphatic heterocycles. The number of amides is 1. The Labute approximate surface area is 164 Å². The summed E-state index contributed by atoms with van der Waals surface area (Å²) in [6, 6.07) is 19.2. The van der Waals surface area contributed by atoms with Crippen molar-refractivity contribution in [3.05, 3.63) is 71.8 Å². The molecule has 0 unspecified atom stereocenters. The summed E-state index contributed by atoms with van der Waals surface area (Å²) < 4.78 is 10.7. The van der Waals surface area contributed by atoms with Gasteiger partial charge >= 0.3 is 0 Å². The molecule has 140 valence electrons. The Morgan fingerprint density at radius 2 is 1.96 bits per heavy atom. The van der Waals surface area contributed by atoms with Gasteiger partial charge in [-0.05, 0) is 40.1 Å². The minimum Gasteiger partial charge on any atom is -0.493 e. The molecule has 3 rings (SSSR count). The molecule has 3 aromatic rings. The van der Waals surface area contributed by atoms with Crippen LogP contribution in [0, 0.1) is 12.3 Å². The number of nitrogens with one attached hydrogen (secondary N) is 1. The number of rotatable bonds is 7.